The second-order valence-electron chi connectivity index (χ2n) is 12.4. The van der Waals surface area contributed by atoms with Crippen LogP contribution in [0.1, 0.15) is 66.8 Å². The highest BCUT2D eigenvalue weighted by molar-refractivity contribution is 6.22. The summed E-state index contributed by atoms with van der Waals surface area (Å²) >= 11 is 0. The summed E-state index contributed by atoms with van der Waals surface area (Å²) in [7, 11) is 0. The van der Waals surface area contributed by atoms with Gasteiger partial charge in [0.05, 0.1) is 35.5 Å². The molecule has 3 amide bonds. The van der Waals surface area contributed by atoms with Crippen molar-refractivity contribution in [2.45, 2.75) is 65.2 Å². The van der Waals surface area contributed by atoms with Crippen LogP contribution in [-0.2, 0) is 16.1 Å². The van der Waals surface area contributed by atoms with Gasteiger partial charge in [0.15, 0.2) is 0 Å². The molecule has 2 fully saturated rings. The van der Waals surface area contributed by atoms with Gasteiger partial charge in [-0.3, -0.25) is 19.3 Å². The lowest BCUT2D eigenvalue weighted by Crippen LogP contribution is -2.57. The summed E-state index contributed by atoms with van der Waals surface area (Å²) in [5, 5.41) is 8.28. The molecule has 1 aromatic heterocycles. The number of aryl methyl sites for hydroxylation is 1. The fourth-order valence-corrected chi connectivity index (χ4v) is 6.88. The smallest absolute Gasteiger partial charge is 0.254 e. The topological polar surface area (TPSA) is 91.6 Å². The number of imide groups is 1. The molecule has 2 saturated heterocycles. The van der Waals surface area contributed by atoms with Crippen LogP contribution < -0.4 is 4.90 Å². The van der Waals surface area contributed by atoms with Gasteiger partial charge < -0.3 is 4.90 Å². The van der Waals surface area contributed by atoms with Gasteiger partial charge in [0.2, 0.25) is 11.8 Å². The van der Waals surface area contributed by atoms with E-state index in [2.05, 4.69) is 15.2 Å². The highest BCUT2D eigenvalue weighted by Gasteiger charge is 2.48. The van der Waals surface area contributed by atoms with Crippen molar-refractivity contribution in [3.8, 4) is 0 Å². The molecule has 3 aliphatic rings. The molecule has 5 atom stereocenters. The number of anilines is 1. The van der Waals surface area contributed by atoms with Crippen molar-refractivity contribution in [2.24, 2.45) is 11.8 Å². The van der Waals surface area contributed by atoms with E-state index in [4.69, 9.17) is 0 Å². The molecule has 45 heavy (non-hydrogen) atoms. The Morgan fingerprint density at radius 1 is 0.956 bits per heavy atom. The van der Waals surface area contributed by atoms with Crippen LogP contribution in [0.5, 0.6) is 0 Å². The average molecular weight is 621 g/mol. The second-order valence-corrected chi connectivity index (χ2v) is 12.4. The van der Waals surface area contributed by atoms with Gasteiger partial charge in [-0.15, -0.1) is 5.10 Å². The number of halogens is 3. The molecule has 6 rings (SSSR count). The summed E-state index contributed by atoms with van der Waals surface area (Å²) in [6.07, 6.45) is 6.60. The highest BCUT2D eigenvalue weighted by atomic mass is 19.1. The number of benzene rings is 2. The first-order valence-electron chi connectivity index (χ1n) is 15.2. The Kier molecular flexibility index (Phi) is 8.11. The van der Waals surface area contributed by atoms with Gasteiger partial charge in [-0.2, -0.15) is 0 Å². The minimum Gasteiger partial charge on any atom is -0.336 e. The lowest BCUT2D eigenvalue weighted by atomic mass is 9.85. The van der Waals surface area contributed by atoms with Crippen LogP contribution >= 0.6 is 0 Å². The number of carbonyl (C=O) groups is 3. The number of carbonyl (C=O) groups excluding carboxylic acids is 3. The van der Waals surface area contributed by atoms with Crippen molar-refractivity contribution >= 4 is 23.4 Å². The van der Waals surface area contributed by atoms with Crippen LogP contribution in [0.25, 0.3) is 0 Å². The zero-order valence-corrected chi connectivity index (χ0v) is 25.6. The number of allylic oxidation sites excluding steroid dienone is 2. The van der Waals surface area contributed by atoms with Crippen LogP contribution in [0.15, 0.2) is 48.7 Å². The van der Waals surface area contributed by atoms with E-state index in [0.29, 0.717) is 61.6 Å². The molecule has 0 N–H and O–H groups in total. The van der Waals surface area contributed by atoms with Gasteiger partial charge in [-0.1, -0.05) is 23.4 Å². The van der Waals surface area contributed by atoms with E-state index in [1.807, 2.05) is 32.9 Å². The molecular formula is C33H35F3N6O3. The molecule has 1 aliphatic carbocycles. The average Bonchev–Trinajstić information content (AvgIpc) is 3.57. The molecule has 236 valence electrons. The molecule has 2 aromatic carbocycles. The lowest BCUT2D eigenvalue weighted by Gasteiger charge is -2.44. The van der Waals surface area contributed by atoms with Gasteiger partial charge in [0.25, 0.3) is 5.91 Å². The third-order valence-corrected chi connectivity index (χ3v) is 9.35. The predicted octanol–water partition coefficient (Wildman–Crippen LogP) is 4.80. The molecule has 3 heterocycles. The number of aromatic nitrogens is 3. The summed E-state index contributed by atoms with van der Waals surface area (Å²) < 4.78 is 43.4. The second kappa shape index (κ2) is 11.9. The highest BCUT2D eigenvalue weighted by Crippen LogP contribution is 2.39. The Hall–Kier alpha value is -4.32. The third-order valence-electron chi connectivity index (χ3n) is 9.35. The molecule has 2 unspecified atom stereocenters. The van der Waals surface area contributed by atoms with E-state index in [1.165, 1.54) is 9.58 Å². The Morgan fingerprint density at radius 3 is 2.16 bits per heavy atom. The Morgan fingerprint density at radius 2 is 1.56 bits per heavy atom. The van der Waals surface area contributed by atoms with Crippen molar-refractivity contribution in [3.05, 3.63) is 88.5 Å². The summed E-state index contributed by atoms with van der Waals surface area (Å²) in [5.74, 6) is -4.29. The van der Waals surface area contributed by atoms with E-state index in [9.17, 15) is 27.6 Å². The summed E-state index contributed by atoms with van der Waals surface area (Å²) in [4.78, 5) is 45.4. The maximum absolute atomic E-state index is 14.4. The predicted molar refractivity (Wildman–Crippen MR) is 160 cm³/mol. The van der Waals surface area contributed by atoms with Gasteiger partial charge >= 0.3 is 0 Å². The quantitative estimate of drug-likeness (QED) is 0.291. The van der Waals surface area contributed by atoms with Crippen LogP contribution in [-0.4, -0.2) is 67.7 Å². The maximum atomic E-state index is 14.4. The van der Waals surface area contributed by atoms with Crippen LogP contribution in [0.2, 0.25) is 0 Å². The molecule has 3 aromatic rings. The first-order chi connectivity index (χ1) is 21.4. The molecule has 12 heteroatoms. The van der Waals surface area contributed by atoms with E-state index in [-0.39, 0.29) is 47.2 Å². The van der Waals surface area contributed by atoms with Crippen molar-refractivity contribution in [1.82, 2.24) is 24.8 Å². The number of rotatable bonds is 6. The first-order valence-corrected chi connectivity index (χ1v) is 15.2. The summed E-state index contributed by atoms with van der Waals surface area (Å²) in [6, 6.07) is 5.49. The molecule has 2 aliphatic heterocycles. The maximum Gasteiger partial charge on any atom is 0.254 e. The van der Waals surface area contributed by atoms with Crippen LogP contribution in [0, 0.1) is 36.2 Å². The standard InChI is InChI=1S/C33H35F3N6O3/c1-18-9-10-22(11-29(18)42-32(44)25-7-5-6-8-26(25)33(42)45)31(43)39-14-19(2)40(20(3)15-39)16-24-17-41(38-37-24)21(4)30-27(35)12-23(34)13-28(30)36/h5-6,9-13,17,19-21,25-26H,7-8,14-16H2,1-4H3/t19-,20+,21-,25?,26?/m0/s1. The summed E-state index contributed by atoms with van der Waals surface area (Å²) in [6.45, 7) is 8.66. The van der Waals surface area contributed by atoms with Crippen molar-refractivity contribution in [2.75, 3.05) is 18.0 Å². The van der Waals surface area contributed by atoms with E-state index < -0.39 is 23.5 Å². The van der Waals surface area contributed by atoms with Crippen molar-refractivity contribution in [1.29, 1.82) is 0 Å². The lowest BCUT2D eigenvalue weighted by molar-refractivity contribution is -0.122. The minimum absolute atomic E-state index is 0.0606. The number of hydrogen-bond donors (Lipinski definition) is 0. The molecule has 0 radical (unpaired) electrons. The molecule has 9 nitrogen and oxygen atoms in total. The van der Waals surface area contributed by atoms with Crippen LogP contribution in [0.4, 0.5) is 18.9 Å². The van der Waals surface area contributed by atoms with Gasteiger partial charge in [-0.05, 0) is 58.2 Å². The SMILES string of the molecule is Cc1ccc(C(=O)N2C[C@@H](C)N(Cc3cn([C@@H](C)c4c(F)cc(F)cc4F)nn3)[C@@H](C)C2)cc1N1C(=O)C2CC=CCC2C1=O. The number of amides is 3. The Labute approximate surface area is 259 Å². The van der Waals surface area contributed by atoms with E-state index in [0.717, 1.165) is 5.56 Å². The Balaban J connectivity index is 1.14. The van der Waals surface area contributed by atoms with Crippen molar-refractivity contribution < 1.29 is 27.6 Å². The molecule has 0 bridgehead atoms. The number of fused-ring (bicyclic) bond motifs is 1. The molecule has 0 spiro atoms. The minimum atomic E-state index is -0.991. The zero-order valence-electron chi connectivity index (χ0n) is 25.6. The largest absolute Gasteiger partial charge is 0.336 e. The van der Waals surface area contributed by atoms with Gasteiger partial charge in [-0.25, -0.2) is 22.8 Å². The van der Waals surface area contributed by atoms with E-state index >= 15 is 0 Å². The Bertz CT molecular complexity index is 1650. The number of hydrogen-bond acceptors (Lipinski definition) is 6. The van der Waals surface area contributed by atoms with Crippen molar-refractivity contribution in [3.63, 3.8) is 0 Å². The fraction of sp³-hybridized carbons (Fsp3) is 0.424. The third kappa shape index (κ3) is 5.56. The van der Waals surface area contributed by atoms with Gasteiger partial charge in [0.1, 0.15) is 17.5 Å². The number of piperazine rings is 1. The van der Waals surface area contributed by atoms with E-state index in [1.54, 1.807) is 36.2 Å². The zero-order chi connectivity index (χ0) is 32.2. The fourth-order valence-electron chi connectivity index (χ4n) is 6.88. The molecular weight excluding hydrogens is 585 g/mol. The monoisotopic (exact) mass is 620 g/mol. The van der Waals surface area contributed by atoms with Crippen LogP contribution in [0.3, 0.4) is 0 Å². The summed E-state index contributed by atoms with van der Waals surface area (Å²) in [5.41, 5.74) is 1.91. The van der Waals surface area contributed by atoms with Gasteiger partial charge in [0, 0.05) is 55.0 Å². The normalized spacial score (nSPS) is 24.3. The number of nitrogens with zero attached hydrogens (tertiary/aromatic N) is 6. The first kappa shape index (κ1) is 30.7. The molecule has 0 saturated carbocycles.